The van der Waals surface area contributed by atoms with Crippen molar-refractivity contribution in [2.75, 3.05) is 5.73 Å². The number of aromatic nitrogens is 5. The summed E-state index contributed by atoms with van der Waals surface area (Å²) in [7, 11) is 0. The minimum atomic E-state index is -0.763. The molecule has 2 aromatic carbocycles. The summed E-state index contributed by atoms with van der Waals surface area (Å²) in [4.78, 5) is 33.7. The largest absolute Gasteiger partial charge is 0.378 e. The molecule has 0 spiro atoms. The molecule has 176 valence electrons. The van der Waals surface area contributed by atoms with Crippen LogP contribution < -0.4 is 11.2 Å². The van der Waals surface area contributed by atoms with E-state index in [9.17, 15) is 25.0 Å². The van der Waals surface area contributed by atoms with Gasteiger partial charge in [-0.1, -0.05) is 5.21 Å². The smallest absolute Gasteiger partial charge is 0.294 e. The van der Waals surface area contributed by atoms with Gasteiger partial charge in [0.05, 0.1) is 15.6 Å². The average Bonchev–Trinajstić information content (AvgIpc) is 3.48. The number of nitrogens with zero attached hydrogens (tertiary/aromatic N) is 8. The number of non-ortho nitro benzene ring substituents is 2. The molecule has 0 aliphatic rings. The van der Waals surface area contributed by atoms with E-state index in [1.807, 2.05) is 0 Å². The molecule has 16 heteroatoms. The van der Waals surface area contributed by atoms with Gasteiger partial charge in [-0.05, 0) is 47.1 Å². The lowest BCUT2D eigenvalue weighted by Gasteiger charge is -2.06. The lowest BCUT2D eigenvalue weighted by molar-refractivity contribution is -0.385. The summed E-state index contributed by atoms with van der Waals surface area (Å²) in [5.41, 5.74) is 9.00. The highest BCUT2D eigenvalue weighted by Crippen LogP contribution is 2.28. The van der Waals surface area contributed by atoms with Gasteiger partial charge in [0, 0.05) is 29.8 Å². The van der Waals surface area contributed by atoms with E-state index in [-0.39, 0.29) is 34.4 Å². The SMILES string of the molecule is CC(=NNC(=O)c1nnn(-c2nonc2N)c1-c1ccc([N+](=O)[O-])cc1)c1ccc([N+](=O)[O-])cc1. The minimum Gasteiger partial charge on any atom is -0.378 e. The number of nitrogens with one attached hydrogen (secondary N) is 1. The van der Waals surface area contributed by atoms with Crippen molar-refractivity contribution in [3.8, 4) is 17.1 Å². The molecule has 16 nitrogen and oxygen atoms in total. The molecular weight excluding hydrogens is 464 g/mol. The van der Waals surface area contributed by atoms with Crippen molar-refractivity contribution >= 4 is 28.8 Å². The van der Waals surface area contributed by atoms with Gasteiger partial charge in [0.25, 0.3) is 17.3 Å². The number of amides is 1. The van der Waals surface area contributed by atoms with E-state index in [2.05, 4.69) is 35.8 Å². The Morgan fingerprint density at radius 3 is 2.17 bits per heavy atom. The molecule has 0 saturated heterocycles. The van der Waals surface area contributed by atoms with Crippen LogP contribution in [0, 0.1) is 20.2 Å². The number of carbonyl (C=O) groups is 1. The van der Waals surface area contributed by atoms with E-state index in [1.165, 1.54) is 48.5 Å². The van der Waals surface area contributed by atoms with Gasteiger partial charge in [-0.15, -0.1) is 5.10 Å². The van der Waals surface area contributed by atoms with Crippen molar-refractivity contribution in [2.45, 2.75) is 6.92 Å². The van der Waals surface area contributed by atoms with Crippen LogP contribution in [0.1, 0.15) is 23.0 Å². The first kappa shape index (κ1) is 22.6. The fourth-order valence-corrected chi connectivity index (χ4v) is 3.00. The number of hydrazone groups is 1. The Morgan fingerprint density at radius 2 is 1.63 bits per heavy atom. The van der Waals surface area contributed by atoms with Crippen LogP contribution in [-0.2, 0) is 0 Å². The molecule has 1 amide bonds. The van der Waals surface area contributed by atoms with Crippen LogP contribution in [0.15, 0.2) is 58.3 Å². The van der Waals surface area contributed by atoms with E-state index in [0.717, 1.165) is 4.68 Å². The lowest BCUT2D eigenvalue weighted by Crippen LogP contribution is -2.21. The third-order valence-electron chi connectivity index (χ3n) is 4.75. The number of hydrogen-bond donors (Lipinski definition) is 2. The van der Waals surface area contributed by atoms with Gasteiger partial charge < -0.3 is 5.73 Å². The van der Waals surface area contributed by atoms with Gasteiger partial charge in [-0.3, -0.25) is 25.0 Å². The van der Waals surface area contributed by atoms with E-state index in [0.29, 0.717) is 16.8 Å². The summed E-state index contributed by atoms with van der Waals surface area (Å²) >= 11 is 0. The number of nitrogen functional groups attached to an aromatic ring is 1. The van der Waals surface area contributed by atoms with Crippen LogP contribution in [0.3, 0.4) is 0 Å². The van der Waals surface area contributed by atoms with Gasteiger partial charge in [0.2, 0.25) is 11.6 Å². The Kier molecular flexibility index (Phi) is 5.91. The van der Waals surface area contributed by atoms with Crippen LogP contribution in [0.25, 0.3) is 17.1 Å². The average molecular weight is 478 g/mol. The lowest BCUT2D eigenvalue weighted by atomic mass is 10.1. The van der Waals surface area contributed by atoms with Crippen LogP contribution in [0.4, 0.5) is 17.2 Å². The van der Waals surface area contributed by atoms with Gasteiger partial charge >= 0.3 is 0 Å². The van der Waals surface area contributed by atoms with Crippen molar-refractivity contribution < 1.29 is 19.3 Å². The maximum absolute atomic E-state index is 12.9. The van der Waals surface area contributed by atoms with Gasteiger partial charge in [-0.2, -0.15) is 9.78 Å². The third-order valence-corrected chi connectivity index (χ3v) is 4.75. The van der Waals surface area contributed by atoms with Crippen LogP contribution in [-0.4, -0.2) is 46.8 Å². The fraction of sp³-hybridized carbons (Fsp3) is 0.0526. The number of carbonyl (C=O) groups excluding carboxylic acids is 1. The Labute approximate surface area is 194 Å². The highest BCUT2D eigenvalue weighted by Gasteiger charge is 2.25. The van der Waals surface area contributed by atoms with Crippen molar-refractivity contribution in [1.29, 1.82) is 0 Å². The molecule has 0 saturated carbocycles. The zero-order chi connectivity index (χ0) is 25.1. The maximum Gasteiger partial charge on any atom is 0.294 e. The van der Waals surface area contributed by atoms with Crippen molar-refractivity contribution in [3.63, 3.8) is 0 Å². The summed E-state index contributed by atoms with van der Waals surface area (Å²) in [6, 6.07) is 10.9. The summed E-state index contributed by atoms with van der Waals surface area (Å²) in [5.74, 6) is -0.937. The molecule has 0 radical (unpaired) electrons. The van der Waals surface area contributed by atoms with Crippen LogP contribution >= 0.6 is 0 Å². The molecule has 0 fully saturated rings. The number of rotatable bonds is 7. The number of nitro groups is 2. The zero-order valence-corrected chi connectivity index (χ0v) is 17.7. The minimum absolute atomic E-state index is 0.0459. The van der Waals surface area contributed by atoms with E-state index >= 15 is 0 Å². The second-order valence-electron chi connectivity index (χ2n) is 6.92. The molecule has 0 aliphatic heterocycles. The molecule has 35 heavy (non-hydrogen) atoms. The quantitative estimate of drug-likeness (QED) is 0.221. The second-order valence-corrected chi connectivity index (χ2v) is 6.92. The Balaban J connectivity index is 1.68. The molecule has 4 rings (SSSR count). The molecule has 2 aromatic heterocycles. The van der Waals surface area contributed by atoms with E-state index in [1.54, 1.807) is 6.92 Å². The van der Waals surface area contributed by atoms with E-state index in [4.69, 9.17) is 5.73 Å². The van der Waals surface area contributed by atoms with Gasteiger partial charge in [0.1, 0.15) is 5.69 Å². The molecule has 0 aliphatic carbocycles. The highest BCUT2D eigenvalue weighted by molar-refractivity contribution is 6.02. The van der Waals surface area contributed by atoms with Gasteiger partial charge in [0.15, 0.2) is 5.69 Å². The Hall–Kier alpha value is -5.54. The summed E-state index contributed by atoms with van der Waals surface area (Å²) in [6.45, 7) is 1.59. The van der Waals surface area contributed by atoms with Crippen molar-refractivity contribution in [1.82, 2.24) is 30.7 Å². The molecule has 0 atom stereocenters. The topological polar surface area (TPSA) is 223 Å². The van der Waals surface area contributed by atoms with Crippen LogP contribution in [0.2, 0.25) is 0 Å². The van der Waals surface area contributed by atoms with E-state index < -0.39 is 15.8 Å². The normalized spacial score (nSPS) is 11.3. The third kappa shape index (κ3) is 4.51. The fourth-order valence-electron chi connectivity index (χ4n) is 3.00. The first-order valence-corrected chi connectivity index (χ1v) is 9.64. The summed E-state index contributed by atoms with van der Waals surface area (Å²) in [5, 5.41) is 40.8. The Bertz CT molecular complexity index is 1460. The number of anilines is 1. The maximum atomic E-state index is 12.9. The molecule has 0 bridgehead atoms. The Morgan fingerprint density at radius 1 is 1.03 bits per heavy atom. The number of benzene rings is 2. The molecule has 4 aromatic rings. The molecule has 3 N–H and O–H groups in total. The highest BCUT2D eigenvalue weighted by atomic mass is 16.6. The zero-order valence-electron chi connectivity index (χ0n) is 17.7. The number of hydrogen-bond acceptors (Lipinski definition) is 12. The summed E-state index contributed by atoms with van der Waals surface area (Å²) in [6.07, 6.45) is 0. The molecule has 2 heterocycles. The number of nitrogens with two attached hydrogens (primary N) is 1. The first-order valence-electron chi connectivity index (χ1n) is 9.64. The second kappa shape index (κ2) is 9.14. The monoisotopic (exact) mass is 478 g/mol. The predicted molar refractivity (Wildman–Crippen MR) is 118 cm³/mol. The predicted octanol–water partition coefficient (Wildman–Crippen LogP) is 1.87. The number of nitro benzene ring substituents is 2. The van der Waals surface area contributed by atoms with Crippen LogP contribution in [0.5, 0.6) is 0 Å². The first-order chi connectivity index (χ1) is 16.8. The molecule has 0 unspecified atom stereocenters. The van der Waals surface area contributed by atoms with Crippen molar-refractivity contribution in [3.05, 3.63) is 80.0 Å². The molecular formula is C19H14N10O6. The standard InChI is InChI=1S/C19H14N10O6/c1-10(11-2-6-13(7-3-11)28(31)32)21-23-19(30)15-16(12-4-8-14(9-5-12)29(33)34)27(26-22-15)18-17(20)24-35-25-18/h2-9H,1H3,(H2,20,24)(H,23,30). The summed E-state index contributed by atoms with van der Waals surface area (Å²) < 4.78 is 5.70. The van der Waals surface area contributed by atoms with Gasteiger partial charge in [-0.25, -0.2) is 10.1 Å². The van der Waals surface area contributed by atoms with Crippen molar-refractivity contribution in [2.24, 2.45) is 5.10 Å².